The van der Waals surface area contributed by atoms with Crippen molar-refractivity contribution in [1.29, 1.82) is 0 Å². The standard InChI is InChI=1S/C22H23F3N6.CH3I/c23-22(24,25)16-9-5-4-8-15(16)20-26-17(13-6-2-1-3-7-13)12-18(27-20)28-21-29-19(30-31-21)14-10-11-14;1-2/h4-5,8-9,12-14H,1-3,6-7,10-11H2,(H2,26,27,28,29,30,31);1H3. The van der Waals surface area contributed by atoms with Crippen LogP contribution in [0.4, 0.5) is 24.9 Å². The molecule has 0 radical (unpaired) electrons. The molecular weight excluding hydrogens is 544 g/mol. The van der Waals surface area contributed by atoms with Crippen molar-refractivity contribution in [2.24, 2.45) is 0 Å². The van der Waals surface area contributed by atoms with Crippen molar-refractivity contribution in [2.75, 3.05) is 10.2 Å². The van der Waals surface area contributed by atoms with Gasteiger partial charge >= 0.3 is 6.18 Å². The molecular formula is C23H26F3IN6. The van der Waals surface area contributed by atoms with Gasteiger partial charge in [-0.1, -0.05) is 60.1 Å². The van der Waals surface area contributed by atoms with Crippen molar-refractivity contribution in [3.05, 3.63) is 47.4 Å². The lowest BCUT2D eigenvalue weighted by Gasteiger charge is -2.22. The zero-order valence-electron chi connectivity index (χ0n) is 18.3. The first-order valence-corrected chi connectivity index (χ1v) is 13.3. The Morgan fingerprint density at radius 1 is 0.939 bits per heavy atom. The van der Waals surface area contributed by atoms with Gasteiger partial charge in [-0.2, -0.15) is 18.2 Å². The first-order chi connectivity index (χ1) is 16.0. The number of aromatic nitrogens is 5. The summed E-state index contributed by atoms with van der Waals surface area (Å²) in [7, 11) is 0. The summed E-state index contributed by atoms with van der Waals surface area (Å²) in [4.78, 5) is 15.4. The van der Waals surface area contributed by atoms with Crippen molar-refractivity contribution >= 4 is 34.4 Å². The minimum Gasteiger partial charge on any atom is -0.307 e. The largest absolute Gasteiger partial charge is 0.417 e. The molecule has 2 aliphatic rings. The van der Waals surface area contributed by atoms with Crippen LogP contribution in [-0.4, -0.2) is 30.1 Å². The van der Waals surface area contributed by atoms with Crippen LogP contribution in [0, 0.1) is 0 Å². The number of hydrogen-bond donors (Lipinski definition) is 2. The van der Waals surface area contributed by atoms with Crippen LogP contribution in [0.3, 0.4) is 0 Å². The molecule has 0 spiro atoms. The number of benzene rings is 1. The number of nitrogens with zero attached hydrogens (tertiary/aromatic N) is 4. The van der Waals surface area contributed by atoms with Gasteiger partial charge in [-0.05, 0) is 36.7 Å². The third kappa shape index (κ3) is 5.82. The minimum atomic E-state index is -4.49. The van der Waals surface area contributed by atoms with Gasteiger partial charge in [-0.25, -0.2) is 9.97 Å². The monoisotopic (exact) mass is 570 g/mol. The summed E-state index contributed by atoms with van der Waals surface area (Å²) in [6.07, 6.45) is 3.01. The third-order valence-corrected chi connectivity index (χ3v) is 5.95. The highest BCUT2D eigenvalue weighted by Crippen LogP contribution is 2.39. The number of nitrogens with one attached hydrogen (secondary N) is 2. The Hall–Kier alpha value is -2.24. The molecule has 176 valence electrons. The molecule has 6 nitrogen and oxygen atoms in total. The van der Waals surface area contributed by atoms with Crippen LogP contribution in [0.5, 0.6) is 0 Å². The Labute approximate surface area is 204 Å². The van der Waals surface area contributed by atoms with Crippen LogP contribution in [0.15, 0.2) is 30.3 Å². The van der Waals surface area contributed by atoms with Gasteiger partial charge in [0.1, 0.15) is 11.6 Å². The molecule has 2 aromatic heterocycles. The number of alkyl halides is 4. The molecule has 0 atom stereocenters. The van der Waals surface area contributed by atoms with E-state index in [2.05, 4.69) is 53.1 Å². The molecule has 1 aromatic carbocycles. The molecule has 2 fully saturated rings. The zero-order valence-corrected chi connectivity index (χ0v) is 20.4. The molecule has 2 heterocycles. The number of H-pyrrole nitrogens is 1. The molecule has 0 unspecified atom stereocenters. The van der Waals surface area contributed by atoms with Crippen molar-refractivity contribution in [2.45, 2.75) is 63.0 Å². The van der Waals surface area contributed by atoms with Crippen LogP contribution in [0.25, 0.3) is 11.4 Å². The first kappa shape index (κ1) is 23.9. The molecule has 3 aromatic rings. The highest BCUT2D eigenvalue weighted by molar-refractivity contribution is 14.1. The quantitative estimate of drug-likeness (QED) is 0.255. The fourth-order valence-corrected chi connectivity index (χ4v) is 4.17. The fourth-order valence-electron chi connectivity index (χ4n) is 4.17. The smallest absolute Gasteiger partial charge is 0.307 e. The van der Waals surface area contributed by atoms with E-state index in [1.165, 1.54) is 18.6 Å². The minimum absolute atomic E-state index is 0.0237. The Kier molecular flexibility index (Phi) is 7.50. The van der Waals surface area contributed by atoms with E-state index in [-0.39, 0.29) is 17.3 Å². The highest BCUT2D eigenvalue weighted by atomic mass is 127. The Bertz CT molecular complexity index is 1070. The SMILES string of the molecule is CI.FC(F)(F)c1ccccc1-c1nc(Nc2n[nH]c(C3CC3)n2)cc(C2CCCCC2)n1. The van der Waals surface area contributed by atoms with Crippen LogP contribution < -0.4 is 5.32 Å². The van der Waals surface area contributed by atoms with E-state index in [0.29, 0.717) is 17.7 Å². The van der Waals surface area contributed by atoms with E-state index in [1.54, 1.807) is 6.07 Å². The first-order valence-electron chi connectivity index (χ1n) is 11.1. The lowest BCUT2D eigenvalue weighted by atomic mass is 9.86. The second kappa shape index (κ2) is 10.4. The lowest BCUT2D eigenvalue weighted by molar-refractivity contribution is -0.137. The molecule has 33 heavy (non-hydrogen) atoms. The maximum absolute atomic E-state index is 13.6. The van der Waals surface area contributed by atoms with Crippen molar-refractivity contribution in [1.82, 2.24) is 25.1 Å². The van der Waals surface area contributed by atoms with Gasteiger partial charge in [0.05, 0.1) is 5.56 Å². The number of rotatable bonds is 5. The number of halogens is 4. The fraction of sp³-hybridized carbons (Fsp3) is 0.478. The summed E-state index contributed by atoms with van der Waals surface area (Å²) in [5.41, 5.74) is 0.00199. The number of aromatic amines is 1. The molecule has 10 heteroatoms. The Morgan fingerprint density at radius 3 is 2.36 bits per heavy atom. The summed E-state index contributed by atoms with van der Waals surface area (Å²) >= 11 is 2.15. The topological polar surface area (TPSA) is 79.4 Å². The van der Waals surface area contributed by atoms with Gasteiger partial charge < -0.3 is 5.32 Å². The summed E-state index contributed by atoms with van der Waals surface area (Å²) in [6.45, 7) is 0. The van der Waals surface area contributed by atoms with E-state index in [9.17, 15) is 13.2 Å². The molecule has 2 N–H and O–H groups in total. The molecule has 0 aliphatic heterocycles. The summed E-state index contributed by atoms with van der Waals surface area (Å²) in [5.74, 6) is 2.29. The van der Waals surface area contributed by atoms with Gasteiger partial charge in [0.2, 0.25) is 5.95 Å². The van der Waals surface area contributed by atoms with Crippen LogP contribution in [0.1, 0.15) is 73.9 Å². The lowest BCUT2D eigenvalue weighted by Crippen LogP contribution is -2.12. The number of anilines is 2. The second-order valence-electron chi connectivity index (χ2n) is 8.32. The molecule has 2 aliphatic carbocycles. The van der Waals surface area contributed by atoms with E-state index < -0.39 is 11.7 Å². The maximum Gasteiger partial charge on any atom is 0.417 e. The van der Waals surface area contributed by atoms with Crippen molar-refractivity contribution in [3.63, 3.8) is 0 Å². The number of hydrogen-bond acceptors (Lipinski definition) is 5. The predicted molar refractivity (Wildman–Crippen MR) is 130 cm³/mol. The van der Waals surface area contributed by atoms with Gasteiger partial charge in [0.15, 0.2) is 5.82 Å². The van der Waals surface area contributed by atoms with E-state index in [4.69, 9.17) is 0 Å². The van der Waals surface area contributed by atoms with Gasteiger partial charge in [0.25, 0.3) is 0 Å². The molecule has 0 amide bonds. The zero-order chi connectivity index (χ0) is 23.4. The molecule has 5 rings (SSSR count). The normalized spacial score (nSPS) is 16.8. The van der Waals surface area contributed by atoms with Crippen LogP contribution in [0.2, 0.25) is 0 Å². The maximum atomic E-state index is 13.6. The van der Waals surface area contributed by atoms with Gasteiger partial charge in [0, 0.05) is 29.2 Å². The van der Waals surface area contributed by atoms with Crippen LogP contribution >= 0.6 is 22.6 Å². The van der Waals surface area contributed by atoms with E-state index in [1.807, 2.05) is 11.0 Å². The molecule has 0 bridgehead atoms. The highest BCUT2D eigenvalue weighted by Gasteiger charge is 2.34. The van der Waals surface area contributed by atoms with Gasteiger partial charge in [-0.15, -0.1) is 5.10 Å². The molecule has 2 saturated carbocycles. The predicted octanol–water partition coefficient (Wildman–Crippen LogP) is 7.00. The van der Waals surface area contributed by atoms with Crippen LogP contribution in [-0.2, 0) is 6.18 Å². The second-order valence-corrected chi connectivity index (χ2v) is 8.32. The average molecular weight is 570 g/mol. The summed E-state index contributed by atoms with van der Waals surface area (Å²) in [6, 6.07) is 7.26. The van der Waals surface area contributed by atoms with Crippen molar-refractivity contribution in [3.8, 4) is 11.4 Å². The Morgan fingerprint density at radius 2 is 1.67 bits per heavy atom. The summed E-state index contributed by atoms with van der Waals surface area (Å²) < 4.78 is 40.9. The Balaban J connectivity index is 0.00000126. The average Bonchev–Trinajstić information content (AvgIpc) is 3.59. The van der Waals surface area contributed by atoms with Gasteiger partial charge in [-0.3, -0.25) is 5.10 Å². The third-order valence-electron chi connectivity index (χ3n) is 5.95. The molecule has 0 saturated heterocycles. The van der Waals surface area contributed by atoms with Crippen molar-refractivity contribution < 1.29 is 13.2 Å². The van der Waals surface area contributed by atoms with E-state index >= 15 is 0 Å². The van der Waals surface area contributed by atoms with E-state index in [0.717, 1.165) is 56.1 Å². The summed E-state index contributed by atoms with van der Waals surface area (Å²) in [5, 5.41) is 10.2.